The van der Waals surface area contributed by atoms with Crippen LogP contribution in [0.25, 0.3) is 0 Å². The summed E-state index contributed by atoms with van der Waals surface area (Å²) in [7, 11) is 0. The molecule has 3 rings (SSSR count). The van der Waals surface area contributed by atoms with E-state index in [4.69, 9.17) is 10.5 Å². The van der Waals surface area contributed by atoms with Gasteiger partial charge in [-0.25, -0.2) is 9.59 Å². The molecule has 3 aliphatic rings. The highest BCUT2D eigenvalue weighted by Gasteiger charge is 2.48. The molecule has 46 heavy (non-hydrogen) atoms. The molecule has 13 nitrogen and oxygen atoms in total. The zero-order valence-electron chi connectivity index (χ0n) is 28.5. The summed E-state index contributed by atoms with van der Waals surface area (Å²) in [6, 6.07) is -3.94. The summed E-state index contributed by atoms with van der Waals surface area (Å²) in [5.74, 6) is -2.76. The van der Waals surface area contributed by atoms with E-state index in [1.807, 2.05) is 34.6 Å². The van der Waals surface area contributed by atoms with Crippen LogP contribution in [-0.2, 0) is 23.9 Å². The van der Waals surface area contributed by atoms with Gasteiger partial charge in [0.1, 0.15) is 18.7 Å². The summed E-state index contributed by atoms with van der Waals surface area (Å²) in [6.45, 7) is 12.1. The molecule has 0 aromatic carbocycles. The molecular formula is C33H56N6O7. The van der Waals surface area contributed by atoms with E-state index >= 15 is 0 Å². The number of rotatable bonds is 13. The van der Waals surface area contributed by atoms with E-state index in [1.54, 1.807) is 6.92 Å². The average Bonchev–Trinajstić information content (AvgIpc) is 3.35. The zero-order chi connectivity index (χ0) is 34.2. The largest absolute Gasteiger partial charge is 0.447 e. The third-order valence-corrected chi connectivity index (χ3v) is 10.2. The Hall–Kier alpha value is -3.38. The highest BCUT2D eigenvalue weighted by atomic mass is 16.5. The summed E-state index contributed by atoms with van der Waals surface area (Å²) >= 11 is 0. The van der Waals surface area contributed by atoms with Crippen LogP contribution in [0.2, 0.25) is 0 Å². The summed E-state index contributed by atoms with van der Waals surface area (Å²) in [5.41, 5.74) is 4.30. The normalized spacial score (nSPS) is 23.2. The predicted octanol–water partition coefficient (Wildman–Crippen LogP) is 2.75. The predicted molar refractivity (Wildman–Crippen MR) is 172 cm³/mol. The van der Waals surface area contributed by atoms with E-state index in [2.05, 4.69) is 21.3 Å². The Kier molecular flexibility index (Phi) is 12.9. The molecule has 1 heterocycles. The number of ketones is 1. The first-order valence-electron chi connectivity index (χ1n) is 17.0. The lowest BCUT2D eigenvalue weighted by Crippen LogP contribution is -2.63. The maximum Gasteiger partial charge on any atom is 0.407 e. The van der Waals surface area contributed by atoms with E-state index in [0.717, 1.165) is 51.4 Å². The number of likely N-dealkylation sites (tertiary alicyclic amines) is 1. The van der Waals surface area contributed by atoms with Gasteiger partial charge in [0, 0.05) is 13.1 Å². The quantitative estimate of drug-likeness (QED) is 0.190. The average molecular weight is 649 g/mol. The fourth-order valence-electron chi connectivity index (χ4n) is 6.86. The van der Waals surface area contributed by atoms with Crippen LogP contribution in [-0.4, -0.2) is 84.4 Å². The van der Waals surface area contributed by atoms with Crippen LogP contribution in [0.3, 0.4) is 0 Å². The van der Waals surface area contributed by atoms with Crippen molar-refractivity contribution in [2.75, 3.05) is 19.7 Å². The van der Waals surface area contributed by atoms with Crippen LogP contribution in [0.15, 0.2) is 0 Å². The molecule has 0 aromatic heterocycles. The maximum atomic E-state index is 14.5. The number of amides is 6. The molecule has 5 atom stereocenters. The number of nitrogens with two attached hydrogens (primary N) is 1. The van der Waals surface area contributed by atoms with Crippen molar-refractivity contribution in [3.05, 3.63) is 0 Å². The van der Waals surface area contributed by atoms with Crippen molar-refractivity contribution in [1.29, 1.82) is 0 Å². The number of carbonyl (C=O) groups is 6. The number of hydrogen-bond donors (Lipinski definition) is 5. The van der Waals surface area contributed by atoms with Gasteiger partial charge in [-0.15, -0.1) is 0 Å². The third kappa shape index (κ3) is 9.57. The number of primary amides is 1. The van der Waals surface area contributed by atoms with Crippen molar-refractivity contribution in [3.8, 4) is 0 Å². The highest BCUT2D eigenvalue weighted by Crippen LogP contribution is 2.40. The van der Waals surface area contributed by atoms with Crippen molar-refractivity contribution in [3.63, 3.8) is 0 Å². The van der Waals surface area contributed by atoms with E-state index in [-0.39, 0.29) is 24.3 Å². The third-order valence-electron chi connectivity index (χ3n) is 10.2. The Morgan fingerprint density at radius 2 is 1.61 bits per heavy atom. The second-order valence-corrected chi connectivity index (χ2v) is 14.9. The molecule has 2 aliphatic carbocycles. The van der Waals surface area contributed by atoms with E-state index in [0.29, 0.717) is 25.9 Å². The molecule has 0 bridgehead atoms. The summed E-state index contributed by atoms with van der Waals surface area (Å²) in [5, 5.41) is 11.2. The van der Waals surface area contributed by atoms with Gasteiger partial charge in [-0.3, -0.25) is 19.2 Å². The molecule has 1 aliphatic heterocycles. The molecule has 0 aromatic rings. The van der Waals surface area contributed by atoms with Gasteiger partial charge in [-0.1, -0.05) is 73.1 Å². The molecule has 0 radical (unpaired) electrons. The molecule has 260 valence electrons. The first kappa shape index (κ1) is 37.1. The number of nitrogens with zero attached hydrogens (tertiary/aromatic N) is 1. The van der Waals surface area contributed by atoms with Gasteiger partial charge in [0.15, 0.2) is 0 Å². The second-order valence-electron chi connectivity index (χ2n) is 14.9. The molecule has 2 saturated carbocycles. The molecule has 3 fully saturated rings. The number of alkyl carbamates (subject to hydrolysis) is 1. The Labute approximate surface area is 273 Å². The Morgan fingerprint density at radius 3 is 2.15 bits per heavy atom. The lowest BCUT2D eigenvalue weighted by atomic mass is 9.70. The fraction of sp³-hybridized carbons (Fsp3) is 0.818. The van der Waals surface area contributed by atoms with E-state index in [1.165, 1.54) is 4.90 Å². The smallest absolute Gasteiger partial charge is 0.407 e. The first-order valence-corrected chi connectivity index (χ1v) is 17.0. The maximum absolute atomic E-state index is 14.5. The summed E-state index contributed by atoms with van der Waals surface area (Å²) in [6.07, 6.45) is 7.51. The van der Waals surface area contributed by atoms with Crippen LogP contribution < -0.4 is 27.0 Å². The first-order chi connectivity index (χ1) is 21.6. The van der Waals surface area contributed by atoms with Crippen molar-refractivity contribution >= 4 is 35.6 Å². The lowest BCUT2D eigenvalue weighted by molar-refractivity contribution is -0.145. The fourth-order valence-corrected chi connectivity index (χ4v) is 6.86. The SMILES string of the molecule is CCNC(=O)OCC(NC(=O)N[C@H](C(=O)N1CC[C@H](C)C1C(=O)NC(CC1CCC1)C(=O)C(N)=O)C1(C)CCCCC1)C(C)(C)C. The summed E-state index contributed by atoms with van der Waals surface area (Å²) in [4.78, 5) is 79.8. The number of hydrogen-bond acceptors (Lipinski definition) is 7. The van der Waals surface area contributed by atoms with Gasteiger partial charge in [0.05, 0.1) is 12.1 Å². The van der Waals surface area contributed by atoms with Crippen LogP contribution in [0.5, 0.6) is 0 Å². The summed E-state index contributed by atoms with van der Waals surface area (Å²) < 4.78 is 5.33. The molecule has 6 N–H and O–H groups in total. The standard InChI is InChI=1S/C33H56N6O7/c1-7-35-31(45)46-19-23(32(3,4)5)37-30(44)38-26(33(6)15-9-8-10-16-33)29(43)39-17-14-20(2)24(39)28(42)36-22(25(40)27(34)41)18-21-12-11-13-21/h20-24,26H,7-19H2,1-6H3,(H2,34,41)(H,35,45)(H,36,42)(H2,37,38,44)/t20-,22?,23?,24?,26+/m0/s1. The van der Waals surface area contributed by atoms with Crippen LogP contribution >= 0.6 is 0 Å². The van der Waals surface area contributed by atoms with Gasteiger partial charge in [-0.2, -0.15) is 0 Å². The zero-order valence-corrected chi connectivity index (χ0v) is 28.5. The van der Waals surface area contributed by atoms with Crippen LogP contribution in [0.1, 0.15) is 106 Å². The molecule has 1 saturated heterocycles. The molecule has 3 unspecified atom stereocenters. The number of ether oxygens (including phenoxy) is 1. The van der Waals surface area contributed by atoms with Crippen molar-refractivity contribution < 1.29 is 33.5 Å². The van der Waals surface area contributed by atoms with Crippen molar-refractivity contribution in [2.24, 2.45) is 28.4 Å². The number of carbonyl (C=O) groups excluding carboxylic acids is 6. The van der Waals surface area contributed by atoms with E-state index in [9.17, 15) is 28.8 Å². The topological polar surface area (TPSA) is 189 Å². The van der Waals surface area contributed by atoms with Gasteiger partial charge in [0.25, 0.3) is 5.91 Å². The minimum Gasteiger partial charge on any atom is -0.447 e. The van der Waals surface area contributed by atoms with Gasteiger partial charge in [0.2, 0.25) is 17.6 Å². The lowest BCUT2D eigenvalue weighted by Gasteiger charge is -2.43. The monoisotopic (exact) mass is 648 g/mol. The van der Waals surface area contributed by atoms with Gasteiger partial charge < -0.3 is 36.6 Å². The Balaban J connectivity index is 1.82. The van der Waals surface area contributed by atoms with Gasteiger partial charge >= 0.3 is 12.1 Å². The molecule has 6 amide bonds. The minimum absolute atomic E-state index is 0.0590. The van der Waals surface area contributed by atoms with Gasteiger partial charge in [-0.05, 0) is 55.3 Å². The second kappa shape index (κ2) is 15.9. The number of Topliss-reactive ketones (excluding diaryl/α,β-unsaturated/α-hetero) is 1. The highest BCUT2D eigenvalue weighted by molar-refractivity contribution is 6.37. The van der Waals surface area contributed by atoms with Crippen LogP contribution in [0.4, 0.5) is 9.59 Å². The minimum atomic E-state index is -1.09. The van der Waals surface area contributed by atoms with Crippen molar-refractivity contribution in [2.45, 2.75) is 130 Å². The Morgan fingerprint density at radius 1 is 0.957 bits per heavy atom. The number of urea groups is 1. The van der Waals surface area contributed by atoms with Crippen LogP contribution in [0, 0.1) is 22.7 Å². The Bertz CT molecular complexity index is 1130. The van der Waals surface area contributed by atoms with E-state index < -0.39 is 64.7 Å². The van der Waals surface area contributed by atoms with Crippen molar-refractivity contribution in [1.82, 2.24) is 26.2 Å². The molecular weight excluding hydrogens is 592 g/mol. The number of nitrogens with one attached hydrogen (secondary N) is 4. The molecule has 13 heteroatoms. The molecule has 0 spiro atoms.